The first-order valence-electron chi connectivity index (χ1n) is 11.5. The third kappa shape index (κ3) is 3.71. The SMILES string of the molecule is COc1ccc2c(c1)CC(c1ccccc1)c1c-2n(C(=O)OC(C)(C)C)c2ccc(OC)cc12. The number of carbonyl (C=O) groups excluding carboxylic acids is 1. The van der Waals surface area contributed by atoms with Crippen molar-refractivity contribution in [3.63, 3.8) is 0 Å². The summed E-state index contributed by atoms with van der Waals surface area (Å²) >= 11 is 0. The van der Waals surface area contributed by atoms with Crippen LogP contribution in [-0.2, 0) is 11.2 Å². The predicted octanol–water partition coefficient (Wildman–Crippen LogP) is 6.80. The van der Waals surface area contributed by atoms with Gasteiger partial charge in [0.05, 0.1) is 25.4 Å². The minimum absolute atomic E-state index is 0.0640. The van der Waals surface area contributed by atoms with Gasteiger partial charge in [-0.15, -0.1) is 0 Å². The number of methoxy groups -OCH3 is 2. The van der Waals surface area contributed by atoms with Crippen LogP contribution in [0, 0.1) is 0 Å². The van der Waals surface area contributed by atoms with Gasteiger partial charge >= 0.3 is 6.09 Å². The molecule has 5 nitrogen and oxygen atoms in total. The first kappa shape index (κ1) is 22.1. The van der Waals surface area contributed by atoms with Gasteiger partial charge in [0.25, 0.3) is 0 Å². The topological polar surface area (TPSA) is 49.7 Å². The molecule has 1 aliphatic rings. The van der Waals surface area contributed by atoms with Crippen LogP contribution >= 0.6 is 0 Å². The third-order valence-electron chi connectivity index (χ3n) is 6.33. The summed E-state index contributed by atoms with van der Waals surface area (Å²) in [4.78, 5) is 13.6. The number of carbonyl (C=O) groups is 1. The lowest BCUT2D eigenvalue weighted by atomic mass is 9.77. The molecule has 1 unspecified atom stereocenters. The van der Waals surface area contributed by atoms with Crippen molar-refractivity contribution in [2.75, 3.05) is 14.2 Å². The van der Waals surface area contributed by atoms with E-state index in [4.69, 9.17) is 14.2 Å². The molecule has 1 heterocycles. The Kier molecular flexibility index (Phi) is 5.35. The van der Waals surface area contributed by atoms with Gasteiger partial charge in [-0.3, -0.25) is 0 Å². The zero-order valence-electron chi connectivity index (χ0n) is 20.2. The van der Waals surface area contributed by atoms with E-state index in [0.29, 0.717) is 0 Å². The largest absolute Gasteiger partial charge is 0.497 e. The van der Waals surface area contributed by atoms with Crippen LogP contribution in [0.3, 0.4) is 0 Å². The molecule has 1 atom stereocenters. The van der Waals surface area contributed by atoms with Gasteiger partial charge in [0.1, 0.15) is 17.1 Å². The number of rotatable bonds is 3. The highest BCUT2D eigenvalue weighted by Gasteiger charge is 2.35. The Labute approximate surface area is 199 Å². The number of ether oxygens (including phenoxy) is 3. The molecule has 0 bridgehead atoms. The Bertz CT molecular complexity index is 1380. The van der Waals surface area contributed by atoms with E-state index >= 15 is 0 Å². The van der Waals surface area contributed by atoms with Crippen LogP contribution in [-0.4, -0.2) is 30.5 Å². The zero-order chi connectivity index (χ0) is 24.0. The molecule has 0 saturated carbocycles. The molecule has 0 N–H and O–H groups in total. The molecule has 0 radical (unpaired) electrons. The Morgan fingerprint density at radius 3 is 2.26 bits per heavy atom. The van der Waals surface area contributed by atoms with E-state index in [1.807, 2.05) is 57.2 Å². The second kappa shape index (κ2) is 8.24. The highest BCUT2D eigenvalue weighted by atomic mass is 16.6. The summed E-state index contributed by atoms with van der Waals surface area (Å²) in [5.74, 6) is 1.62. The molecule has 0 saturated heterocycles. The molecular formula is C29H29NO4. The number of benzene rings is 3. The van der Waals surface area contributed by atoms with Crippen molar-refractivity contribution in [3.05, 3.63) is 83.4 Å². The first-order valence-corrected chi connectivity index (χ1v) is 11.5. The van der Waals surface area contributed by atoms with Crippen LogP contribution in [0.4, 0.5) is 4.79 Å². The lowest BCUT2D eigenvalue weighted by Gasteiger charge is -2.28. The van der Waals surface area contributed by atoms with Crippen molar-refractivity contribution in [2.24, 2.45) is 0 Å². The summed E-state index contributed by atoms with van der Waals surface area (Å²) in [5.41, 5.74) is 5.53. The van der Waals surface area contributed by atoms with Crippen LogP contribution < -0.4 is 9.47 Å². The van der Waals surface area contributed by atoms with E-state index in [1.165, 1.54) is 5.56 Å². The van der Waals surface area contributed by atoms with Gasteiger partial charge in [0.15, 0.2) is 0 Å². The lowest BCUT2D eigenvalue weighted by molar-refractivity contribution is 0.0547. The zero-order valence-corrected chi connectivity index (χ0v) is 20.2. The average molecular weight is 456 g/mol. The normalized spacial score (nSPS) is 14.9. The van der Waals surface area contributed by atoms with E-state index in [2.05, 4.69) is 30.3 Å². The lowest BCUT2D eigenvalue weighted by Crippen LogP contribution is -2.28. The van der Waals surface area contributed by atoms with E-state index in [0.717, 1.165) is 51.2 Å². The van der Waals surface area contributed by atoms with E-state index in [-0.39, 0.29) is 12.0 Å². The quantitative estimate of drug-likeness (QED) is 0.341. The fourth-order valence-corrected chi connectivity index (χ4v) is 4.93. The van der Waals surface area contributed by atoms with Crippen molar-refractivity contribution >= 4 is 17.0 Å². The Hall–Kier alpha value is -3.73. The van der Waals surface area contributed by atoms with Gasteiger partial charge in [-0.25, -0.2) is 9.36 Å². The predicted molar refractivity (Wildman–Crippen MR) is 134 cm³/mol. The summed E-state index contributed by atoms with van der Waals surface area (Å²) in [5, 5.41) is 0.996. The van der Waals surface area contributed by atoms with Gasteiger partial charge in [-0.05, 0) is 80.3 Å². The molecule has 0 aliphatic heterocycles. The molecular weight excluding hydrogens is 426 g/mol. The van der Waals surface area contributed by atoms with Gasteiger partial charge in [-0.2, -0.15) is 0 Å². The number of hydrogen-bond donors (Lipinski definition) is 0. The number of fused-ring (bicyclic) bond motifs is 5. The third-order valence-corrected chi connectivity index (χ3v) is 6.33. The molecule has 3 aromatic carbocycles. The molecule has 5 rings (SSSR count). The monoisotopic (exact) mass is 455 g/mol. The minimum atomic E-state index is -0.622. The van der Waals surface area contributed by atoms with Crippen molar-refractivity contribution in [1.82, 2.24) is 4.57 Å². The van der Waals surface area contributed by atoms with Gasteiger partial charge in [-0.1, -0.05) is 30.3 Å². The highest BCUT2D eigenvalue weighted by molar-refractivity contribution is 6.02. The molecule has 0 fully saturated rings. The van der Waals surface area contributed by atoms with Crippen LogP contribution in [0.5, 0.6) is 11.5 Å². The van der Waals surface area contributed by atoms with Crippen LogP contribution in [0.15, 0.2) is 66.7 Å². The maximum Gasteiger partial charge on any atom is 0.419 e. The summed E-state index contributed by atoms with van der Waals surface area (Å²) in [7, 11) is 3.34. The first-order chi connectivity index (χ1) is 16.3. The smallest absolute Gasteiger partial charge is 0.419 e. The molecule has 5 heteroatoms. The Morgan fingerprint density at radius 2 is 1.59 bits per heavy atom. The number of aromatic nitrogens is 1. The van der Waals surface area contributed by atoms with Crippen LogP contribution in [0.1, 0.15) is 43.4 Å². The van der Waals surface area contributed by atoms with Crippen molar-refractivity contribution in [3.8, 4) is 22.8 Å². The van der Waals surface area contributed by atoms with Crippen molar-refractivity contribution in [1.29, 1.82) is 0 Å². The van der Waals surface area contributed by atoms with Crippen LogP contribution in [0.2, 0.25) is 0 Å². The fraction of sp³-hybridized carbons (Fsp3) is 0.276. The van der Waals surface area contributed by atoms with Gasteiger partial charge < -0.3 is 14.2 Å². The second-order valence-electron chi connectivity index (χ2n) is 9.65. The second-order valence-corrected chi connectivity index (χ2v) is 9.65. The summed E-state index contributed by atoms with van der Waals surface area (Å²) in [6, 6.07) is 22.4. The number of hydrogen-bond acceptors (Lipinski definition) is 4. The Balaban J connectivity index is 1.87. The molecule has 0 spiro atoms. The van der Waals surface area contributed by atoms with E-state index in [9.17, 15) is 4.79 Å². The summed E-state index contributed by atoms with van der Waals surface area (Å²) in [6.07, 6.45) is 0.410. The summed E-state index contributed by atoms with van der Waals surface area (Å²) in [6.45, 7) is 5.66. The van der Waals surface area contributed by atoms with Crippen LogP contribution in [0.25, 0.3) is 22.2 Å². The molecule has 1 aromatic heterocycles. The van der Waals surface area contributed by atoms with Crippen molar-refractivity contribution in [2.45, 2.75) is 38.7 Å². The van der Waals surface area contributed by atoms with Gasteiger partial charge in [0, 0.05) is 16.9 Å². The molecule has 0 amide bonds. The van der Waals surface area contributed by atoms with E-state index in [1.54, 1.807) is 18.8 Å². The average Bonchev–Trinajstić information content (AvgIpc) is 3.17. The van der Waals surface area contributed by atoms with Crippen molar-refractivity contribution < 1.29 is 19.0 Å². The molecule has 4 aromatic rings. The number of nitrogens with zero attached hydrogens (tertiary/aromatic N) is 1. The van der Waals surface area contributed by atoms with Gasteiger partial charge in [0.2, 0.25) is 0 Å². The minimum Gasteiger partial charge on any atom is -0.497 e. The Morgan fingerprint density at radius 1 is 0.912 bits per heavy atom. The summed E-state index contributed by atoms with van der Waals surface area (Å²) < 4.78 is 18.7. The molecule has 34 heavy (non-hydrogen) atoms. The molecule has 1 aliphatic carbocycles. The molecule has 174 valence electrons. The van der Waals surface area contributed by atoms with E-state index < -0.39 is 5.60 Å². The standard InChI is InChI=1S/C29H29NO4/c1-29(2,3)34-28(31)30-25-14-12-21(33-5)17-24(25)26-23(18-9-7-6-8-10-18)16-19-15-20(32-4)11-13-22(19)27(26)30/h6-15,17,23H,16H2,1-5H3. The maximum absolute atomic E-state index is 13.6. The highest BCUT2D eigenvalue weighted by Crippen LogP contribution is 2.49. The maximum atomic E-state index is 13.6. The fourth-order valence-electron chi connectivity index (χ4n) is 4.93.